The van der Waals surface area contributed by atoms with E-state index in [0.29, 0.717) is 17.4 Å². The zero-order valence-corrected chi connectivity index (χ0v) is 49.3. The molecule has 0 radical (unpaired) electrons. The molecule has 0 aliphatic rings. The summed E-state index contributed by atoms with van der Waals surface area (Å²) < 4.78 is 23.3. The van der Waals surface area contributed by atoms with Gasteiger partial charge in [0.25, 0.3) is 7.82 Å². The third kappa shape index (κ3) is 56.2. The molecule has 2 N–H and O–H groups in total. The van der Waals surface area contributed by atoms with Crippen molar-refractivity contribution in [1.82, 2.24) is 5.32 Å². The van der Waals surface area contributed by atoms with Crippen LogP contribution < -0.4 is 10.2 Å². The fraction of sp³-hybridized carbons (Fsp3) is 0.857. The maximum atomic E-state index is 13.0. The van der Waals surface area contributed by atoms with Crippen LogP contribution in [-0.4, -0.2) is 68.5 Å². The number of likely N-dealkylation sites (N-methyl/N-ethyl adjacent to an activating group) is 1. The van der Waals surface area contributed by atoms with Crippen LogP contribution in [0.2, 0.25) is 0 Å². The summed E-state index contributed by atoms with van der Waals surface area (Å²) in [7, 11) is 1.24. The monoisotopic (exact) mass is 1030 g/mol. The number of nitrogens with one attached hydrogen (secondary N) is 1. The standard InChI is InChI=1S/C63H121N2O6P/c1-6-8-10-12-14-16-18-20-22-24-26-27-28-29-30-31-32-33-34-35-36-37-38-39-41-43-45-47-49-51-53-55-57-63(67)64-61(60-71-72(68,69)70-59-58-65(3,4)5)62(66)56-54-52-50-48-46-44-42-40-25-23-21-19-17-15-13-11-9-7-2/h25,29-30,40,46,48,54,56,61-62,66H,6-24,26-28,31-39,41-45,47,49-53,55,57-60H2,1-5H3,(H-,64,67,68,69)/b30-29-,40-25+,48-46+,56-54+. The molecular formula is C63H121N2O6P. The van der Waals surface area contributed by atoms with E-state index in [2.05, 4.69) is 55.6 Å². The van der Waals surface area contributed by atoms with E-state index in [4.69, 9.17) is 9.05 Å². The number of phosphoric ester groups is 1. The van der Waals surface area contributed by atoms with E-state index < -0.39 is 26.6 Å². The smallest absolute Gasteiger partial charge is 0.268 e. The maximum Gasteiger partial charge on any atom is 0.268 e. The van der Waals surface area contributed by atoms with E-state index in [1.165, 1.54) is 231 Å². The van der Waals surface area contributed by atoms with E-state index in [-0.39, 0.29) is 12.5 Å². The van der Waals surface area contributed by atoms with Gasteiger partial charge in [0, 0.05) is 6.42 Å². The fourth-order valence-electron chi connectivity index (χ4n) is 9.12. The lowest BCUT2D eigenvalue weighted by atomic mass is 10.0. The van der Waals surface area contributed by atoms with Gasteiger partial charge in [-0.3, -0.25) is 9.36 Å². The van der Waals surface area contributed by atoms with Crippen LogP contribution in [0.3, 0.4) is 0 Å². The first-order chi connectivity index (χ1) is 35.0. The second-order valence-electron chi connectivity index (χ2n) is 22.4. The lowest BCUT2D eigenvalue weighted by molar-refractivity contribution is -0.870. The minimum absolute atomic E-state index is 0.00868. The van der Waals surface area contributed by atoms with Gasteiger partial charge in [-0.2, -0.15) is 0 Å². The maximum absolute atomic E-state index is 13.0. The topological polar surface area (TPSA) is 108 Å². The summed E-state index contributed by atoms with van der Waals surface area (Å²) in [6.45, 7) is 4.65. The molecule has 0 saturated heterocycles. The van der Waals surface area contributed by atoms with Gasteiger partial charge in [0.1, 0.15) is 13.2 Å². The Labute approximate surface area is 448 Å². The zero-order valence-electron chi connectivity index (χ0n) is 48.4. The molecule has 0 aromatic rings. The molecule has 3 unspecified atom stereocenters. The molecule has 0 aromatic carbocycles. The summed E-state index contributed by atoms with van der Waals surface area (Å²) in [5.41, 5.74) is 0. The van der Waals surface area contributed by atoms with Crippen LogP contribution in [0.1, 0.15) is 296 Å². The number of hydrogen-bond donors (Lipinski definition) is 2. The van der Waals surface area contributed by atoms with Crippen molar-refractivity contribution >= 4 is 13.7 Å². The highest BCUT2D eigenvalue weighted by atomic mass is 31.2. The second-order valence-corrected chi connectivity index (χ2v) is 23.8. The Hall–Kier alpha value is -1.54. The van der Waals surface area contributed by atoms with Crippen molar-refractivity contribution in [1.29, 1.82) is 0 Å². The highest BCUT2D eigenvalue weighted by Gasteiger charge is 2.23. The Balaban J connectivity index is 4.10. The Morgan fingerprint density at radius 1 is 0.472 bits per heavy atom. The summed E-state index contributed by atoms with van der Waals surface area (Å²) in [6.07, 6.45) is 72.2. The lowest BCUT2D eigenvalue weighted by Crippen LogP contribution is -2.45. The van der Waals surface area contributed by atoms with Crippen LogP contribution >= 0.6 is 7.82 Å². The summed E-state index contributed by atoms with van der Waals surface area (Å²) in [4.78, 5) is 25.5. The molecule has 0 rings (SSSR count). The van der Waals surface area contributed by atoms with Gasteiger partial charge in [0.05, 0.1) is 39.9 Å². The van der Waals surface area contributed by atoms with E-state index in [1.54, 1.807) is 6.08 Å². The summed E-state index contributed by atoms with van der Waals surface area (Å²) in [6, 6.07) is -0.910. The van der Waals surface area contributed by atoms with Crippen LogP contribution in [-0.2, 0) is 18.4 Å². The average molecular weight is 1030 g/mol. The highest BCUT2D eigenvalue weighted by Crippen LogP contribution is 2.38. The first kappa shape index (κ1) is 70.5. The van der Waals surface area contributed by atoms with Crippen LogP contribution in [0.25, 0.3) is 0 Å². The Morgan fingerprint density at radius 2 is 0.778 bits per heavy atom. The molecule has 0 heterocycles. The number of rotatable bonds is 57. The third-order valence-electron chi connectivity index (χ3n) is 14.0. The molecule has 1 amide bonds. The summed E-state index contributed by atoms with van der Waals surface area (Å²) in [5.74, 6) is -0.208. The molecule has 424 valence electrons. The van der Waals surface area contributed by atoms with Crippen LogP contribution in [0, 0.1) is 0 Å². The number of unbranched alkanes of at least 4 members (excludes halogenated alkanes) is 38. The van der Waals surface area contributed by atoms with Crippen molar-refractivity contribution in [3.8, 4) is 0 Å². The molecule has 9 heteroatoms. The SMILES string of the molecule is CCCCCCCCCC/C=C/CC/C=C/CC/C=C/C(O)C(COP(=O)([O-])OCC[N+](C)(C)C)NC(=O)CCCCCCCCCCCCCCCCCC/C=C\CCCCCCCCCCCCCC. The van der Waals surface area contributed by atoms with Gasteiger partial charge in [-0.15, -0.1) is 0 Å². The molecule has 0 spiro atoms. The number of amides is 1. The molecular weight excluding hydrogens is 912 g/mol. The predicted octanol–water partition coefficient (Wildman–Crippen LogP) is 18.5. The van der Waals surface area contributed by atoms with E-state index in [9.17, 15) is 19.4 Å². The van der Waals surface area contributed by atoms with Crippen molar-refractivity contribution < 1.29 is 32.9 Å². The fourth-order valence-corrected chi connectivity index (χ4v) is 9.85. The van der Waals surface area contributed by atoms with Crippen molar-refractivity contribution in [3.63, 3.8) is 0 Å². The minimum Gasteiger partial charge on any atom is -0.756 e. The predicted molar refractivity (Wildman–Crippen MR) is 311 cm³/mol. The van der Waals surface area contributed by atoms with Gasteiger partial charge in [-0.25, -0.2) is 0 Å². The first-order valence-corrected chi connectivity index (χ1v) is 32.5. The van der Waals surface area contributed by atoms with Gasteiger partial charge >= 0.3 is 0 Å². The number of nitrogens with zero attached hydrogens (tertiary/aromatic N) is 1. The Bertz CT molecular complexity index is 1310. The quantitative estimate of drug-likeness (QED) is 0.0272. The molecule has 0 aliphatic heterocycles. The first-order valence-electron chi connectivity index (χ1n) is 31.0. The number of phosphoric acid groups is 1. The molecule has 0 fully saturated rings. The number of allylic oxidation sites excluding steroid dienone is 7. The van der Waals surface area contributed by atoms with Gasteiger partial charge in [-0.1, -0.05) is 268 Å². The normalized spacial score (nSPS) is 14.2. The van der Waals surface area contributed by atoms with Crippen LogP contribution in [0.4, 0.5) is 0 Å². The number of hydrogen-bond acceptors (Lipinski definition) is 6. The van der Waals surface area contributed by atoms with Crippen molar-refractivity contribution in [2.75, 3.05) is 40.9 Å². The molecule has 3 atom stereocenters. The summed E-state index contributed by atoms with van der Waals surface area (Å²) in [5, 5.41) is 13.9. The number of quaternary nitrogens is 1. The van der Waals surface area contributed by atoms with Crippen molar-refractivity contribution in [3.05, 3.63) is 48.6 Å². The van der Waals surface area contributed by atoms with Gasteiger partial charge in [0.2, 0.25) is 5.91 Å². The molecule has 0 aliphatic carbocycles. The highest BCUT2D eigenvalue weighted by molar-refractivity contribution is 7.45. The zero-order chi connectivity index (χ0) is 52.7. The van der Waals surface area contributed by atoms with E-state index in [1.807, 2.05) is 27.2 Å². The van der Waals surface area contributed by atoms with Gasteiger partial charge in [-0.05, 0) is 70.6 Å². The lowest BCUT2D eigenvalue weighted by Gasteiger charge is -2.29. The Morgan fingerprint density at radius 3 is 1.12 bits per heavy atom. The molecule has 0 saturated carbocycles. The van der Waals surface area contributed by atoms with Gasteiger partial charge in [0.15, 0.2) is 0 Å². The van der Waals surface area contributed by atoms with Crippen molar-refractivity contribution in [2.24, 2.45) is 0 Å². The number of aliphatic hydroxyl groups excluding tert-OH is 1. The number of aliphatic hydroxyl groups is 1. The molecule has 0 bridgehead atoms. The Kier molecular flexibility index (Phi) is 53.1. The second kappa shape index (κ2) is 54.3. The molecule has 72 heavy (non-hydrogen) atoms. The van der Waals surface area contributed by atoms with Crippen molar-refractivity contribution in [2.45, 2.75) is 309 Å². The van der Waals surface area contributed by atoms with Crippen LogP contribution in [0.5, 0.6) is 0 Å². The van der Waals surface area contributed by atoms with Crippen LogP contribution in [0.15, 0.2) is 48.6 Å². The average Bonchev–Trinajstić information content (AvgIpc) is 3.34. The summed E-state index contributed by atoms with van der Waals surface area (Å²) >= 11 is 0. The third-order valence-corrected chi connectivity index (χ3v) is 15.0. The molecule has 0 aromatic heterocycles. The molecule has 8 nitrogen and oxygen atoms in total. The minimum atomic E-state index is -4.61. The largest absolute Gasteiger partial charge is 0.756 e. The van der Waals surface area contributed by atoms with E-state index >= 15 is 0 Å². The van der Waals surface area contributed by atoms with E-state index in [0.717, 1.165) is 44.9 Å². The number of carbonyl (C=O) groups is 1. The number of carbonyl (C=O) groups excluding carboxylic acids is 1. The van der Waals surface area contributed by atoms with Gasteiger partial charge < -0.3 is 28.8 Å².